The third-order valence-electron chi connectivity index (χ3n) is 5.50. The van der Waals surface area contributed by atoms with Crippen molar-refractivity contribution in [3.63, 3.8) is 0 Å². The van der Waals surface area contributed by atoms with Gasteiger partial charge in [-0.25, -0.2) is 9.18 Å². The number of H-pyrrole nitrogens is 1. The topological polar surface area (TPSA) is 104 Å². The molecular formula is C20H22FN5O4. The van der Waals surface area contributed by atoms with Crippen LogP contribution in [0, 0.1) is 5.82 Å². The Hall–Kier alpha value is -3.40. The SMILES string of the molecule is COc1cc(-c2cn(C)c(=O)c3[nH]ncc23)cc(F)c1CN1CCN(C(=O)O)CC1. The average molecular weight is 415 g/mol. The number of nitrogens with one attached hydrogen (secondary N) is 1. The Morgan fingerprint density at radius 3 is 2.70 bits per heavy atom. The zero-order chi connectivity index (χ0) is 21.4. The molecule has 0 radical (unpaired) electrons. The van der Waals surface area contributed by atoms with Gasteiger partial charge in [0.25, 0.3) is 5.56 Å². The number of halogens is 1. The molecule has 1 saturated heterocycles. The van der Waals surface area contributed by atoms with Crippen LogP contribution in [0.4, 0.5) is 9.18 Å². The van der Waals surface area contributed by atoms with Gasteiger partial charge in [0.05, 0.1) is 13.3 Å². The average Bonchev–Trinajstić information content (AvgIpc) is 3.22. The van der Waals surface area contributed by atoms with Crippen LogP contribution in [0.25, 0.3) is 22.0 Å². The number of amides is 1. The molecule has 4 rings (SSSR count). The van der Waals surface area contributed by atoms with Crippen LogP contribution in [0.15, 0.2) is 29.3 Å². The molecule has 3 heterocycles. The van der Waals surface area contributed by atoms with Crippen LogP contribution in [0.1, 0.15) is 5.56 Å². The maximum atomic E-state index is 15.1. The van der Waals surface area contributed by atoms with E-state index in [1.54, 1.807) is 25.5 Å². The van der Waals surface area contributed by atoms with Crippen LogP contribution in [0.3, 0.4) is 0 Å². The highest BCUT2D eigenvalue weighted by Crippen LogP contribution is 2.33. The Kier molecular flexibility index (Phi) is 5.17. The molecule has 0 unspecified atom stereocenters. The van der Waals surface area contributed by atoms with Crippen molar-refractivity contribution in [2.45, 2.75) is 6.54 Å². The third kappa shape index (κ3) is 3.50. The number of aryl methyl sites for hydroxylation is 1. The van der Waals surface area contributed by atoms with Crippen LogP contribution in [-0.4, -0.2) is 69.1 Å². The fourth-order valence-corrected chi connectivity index (χ4v) is 3.80. The van der Waals surface area contributed by atoms with Crippen molar-refractivity contribution in [1.29, 1.82) is 0 Å². The Bertz CT molecular complexity index is 1160. The molecular weight excluding hydrogens is 393 g/mol. The van der Waals surface area contributed by atoms with Crippen molar-refractivity contribution >= 4 is 17.0 Å². The summed E-state index contributed by atoms with van der Waals surface area (Å²) in [5, 5.41) is 16.3. The minimum atomic E-state index is -0.939. The van der Waals surface area contributed by atoms with E-state index < -0.39 is 11.9 Å². The molecule has 0 atom stereocenters. The van der Waals surface area contributed by atoms with Crippen LogP contribution >= 0.6 is 0 Å². The predicted octanol–water partition coefficient (Wildman–Crippen LogP) is 1.87. The summed E-state index contributed by atoms with van der Waals surface area (Å²) in [4.78, 5) is 26.7. The Morgan fingerprint density at radius 2 is 2.03 bits per heavy atom. The number of benzene rings is 1. The summed E-state index contributed by atoms with van der Waals surface area (Å²) in [5.74, 6) is -0.0216. The standard InChI is InChI=1S/C20H22FN5O4/c1-24-10-14(13-9-22-23-18(13)19(24)27)12-7-16(21)15(17(8-12)30-2)11-25-3-5-26(6-4-25)20(28)29/h7-10H,3-6,11H2,1-2H3,(H,22,23)(H,28,29). The molecule has 30 heavy (non-hydrogen) atoms. The number of hydrogen-bond acceptors (Lipinski definition) is 5. The first-order valence-corrected chi connectivity index (χ1v) is 9.48. The van der Waals surface area contributed by atoms with E-state index in [9.17, 15) is 9.59 Å². The van der Waals surface area contributed by atoms with Crippen molar-refractivity contribution in [3.05, 3.63) is 46.3 Å². The lowest BCUT2D eigenvalue weighted by atomic mass is 10.0. The second-order valence-corrected chi connectivity index (χ2v) is 7.30. The monoisotopic (exact) mass is 415 g/mol. The van der Waals surface area contributed by atoms with Gasteiger partial charge in [-0.05, 0) is 17.7 Å². The largest absolute Gasteiger partial charge is 0.496 e. The van der Waals surface area contributed by atoms with Gasteiger partial charge in [0.15, 0.2) is 0 Å². The Labute approximate surface area is 171 Å². The molecule has 9 nitrogen and oxygen atoms in total. The summed E-state index contributed by atoms with van der Waals surface area (Å²) < 4.78 is 22.0. The quantitative estimate of drug-likeness (QED) is 0.674. The lowest BCUT2D eigenvalue weighted by Crippen LogP contribution is -2.47. The number of aromatic nitrogens is 3. The number of methoxy groups -OCH3 is 1. The molecule has 158 valence electrons. The molecule has 10 heteroatoms. The van der Waals surface area contributed by atoms with Gasteiger partial charge >= 0.3 is 6.09 Å². The Morgan fingerprint density at radius 1 is 1.30 bits per heavy atom. The van der Waals surface area contributed by atoms with E-state index in [1.807, 2.05) is 4.90 Å². The summed E-state index contributed by atoms with van der Waals surface area (Å²) in [6.07, 6.45) is 2.26. The molecule has 0 aliphatic carbocycles. The molecule has 1 aromatic carbocycles. The fraction of sp³-hybridized carbons (Fsp3) is 0.350. The van der Waals surface area contributed by atoms with Crippen molar-refractivity contribution in [1.82, 2.24) is 24.6 Å². The highest BCUT2D eigenvalue weighted by atomic mass is 19.1. The van der Waals surface area contributed by atoms with E-state index in [1.165, 1.54) is 22.6 Å². The number of aromatic amines is 1. The molecule has 2 aromatic heterocycles. The number of ether oxygens (including phenoxy) is 1. The van der Waals surface area contributed by atoms with E-state index in [0.29, 0.717) is 66.1 Å². The lowest BCUT2D eigenvalue weighted by molar-refractivity contribution is 0.102. The second-order valence-electron chi connectivity index (χ2n) is 7.30. The van der Waals surface area contributed by atoms with Gasteiger partial charge in [0.1, 0.15) is 17.1 Å². The number of fused-ring (bicyclic) bond motifs is 1. The molecule has 0 spiro atoms. The molecule has 1 aliphatic rings. The van der Waals surface area contributed by atoms with Gasteiger partial charge in [0.2, 0.25) is 0 Å². The zero-order valence-electron chi connectivity index (χ0n) is 16.7. The molecule has 2 N–H and O–H groups in total. The molecule has 0 saturated carbocycles. The maximum Gasteiger partial charge on any atom is 0.407 e. The maximum absolute atomic E-state index is 15.1. The summed E-state index contributed by atoms with van der Waals surface area (Å²) >= 11 is 0. The fourth-order valence-electron chi connectivity index (χ4n) is 3.80. The third-order valence-corrected chi connectivity index (χ3v) is 5.50. The van der Waals surface area contributed by atoms with E-state index in [4.69, 9.17) is 9.84 Å². The van der Waals surface area contributed by atoms with E-state index >= 15 is 4.39 Å². The molecule has 1 aliphatic heterocycles. The normalized spacial score (nSPS) is 15.0. The smallest absolute Gasteiger partial charge is 0.407 e. The molecule has 0 bridgehead atoms. The first kappa shape index (κ1) is 19.9. The number of pyridine rings is 1. The van der Waals surface area contributed by atoms with E-state index in [2.05, 4.69) is 10.2 Å². The summed E-state index contributed by atoms with van der Waals surface area (Å²) in [7, 11) is 3.11. The Balaban J connectivity index is 1.67. The van der Waals surface area contributed by atoms with E-state index in [-0.39, 0.29) is 5.56 Å². The van der Waals surface area contributed by atoms with Crippen molar-refractivity contribution in [2.75, 3.05) is 33.3 Å². The van der Waals surface area contributed by atoms with Gasteiger partial charge in [-0.2, -0.15) is 5.10 Å². The van der Waals surface area contributed by atoms with Crippen LogP contribution in [-0.2, 0) is 13.6 Å². The van der Waals surface area contributed by atoms with Crippen LogP contribution in [0.2, 0.25) is 0 Å². The number of hydrogen-bond donors (Lipinski definition) is 2. The minimum absolute atomic E-state index is 0.212. The van der Waals surface area contributed by atoms with Crippen molar-refractivity contribution in [3.8, 4) is 16.9 Å². The second kappa shape index (κ2) is 7.79. The van der Waals surface area contributed by atoms with Crippen molar-refractivity contribution < 1.29 is 19.0 Å². The van der Waals surface area contributed by atoms with E-state index in [0.717, 1.165) is 0 Å². The molecule has 1 fully saturated rings. The van der Waals surface area contributed by atoms with Gasteiger partial charge < -0.3 is 19.3 Å². The van der Waals surface area contributed by atoms with Gasteiger partial charge in [-0.3, -0.25) is 14.8 Å². The highest BCUT2D eigenvalue weighted by Gasteiger charge is 2.23. The van der Waals surface area contributed by atoms with Crippen LogP contribution < -0.4 is 10.3 Å². The number of carbonyl (C=O) groups is 1. The number of nitrogens with zero attached hydrogens (tertiary/aromatic N) is 4. The lowest BCUT2D eigenvalue weighted by Gasteiger charge is -2.33. The molecule has 3 aromatic rings. The summed E-state index contributed by atoms with van der Waals surface area (Å²) in [5.41, 5.74) is 1.80. The molecule has 1 amide bonds. The number of carboxylic acid groups (broad SMARTS) is 1. The predicted molar refractivity (Wildman–Crippen MR) is 108 cm³/mol. The van der Waals surface area contributed by atoms with Crippen LogP contribution in [0.5, 0.6) is 5.75 Å². The zero-order valence-corrected chi connectivity index (χ0v) is 16.7. The summed E-state index contributed by atoms with van der Waals surface area (Å²) in [6.45, 7) is 2.12. The number of piperazine rings is 1. The highest BCUT2D eigenvalue weighted by molar-refractivity contribution is 5.93. The first-order chi connectivity index (χ1) is 14.4. The minimum Gasteiger partial charge on any atom is -0.496 e. The van der Waals surface area contributed by atoms with Gasteiger partial charge in [-0.1, -0.05) is 0 Å². The van der Waals surface area contributed by atoms with Crippen molar-refractivity contribution in [2.24, 2.45) is 7.05 Å². The first-order valence-electron chi connectivity index (χ1n) is 9.48. The van der Waals surface area contributed by atoms with Gasteiger partial charge in [-0.15, -0.1) is 0 Å². The van der Waals surface area contributed by atoms with Gasteiger partial charge in [0, 0.05) is 62.5 Å². The number of rotatable bonds is 4. The summed E-state index contributed by atoms with van der Waals surface area (Å²) in [6, 6.07) is 3.18.